The molecule has 0 heterocycles. The molecule has 0 saturated carbocycles. The molecule has 0 radical (unpaired) electrons. The van der Waals surface area contributed by atoms with Crippen LogP contribution in [-0.2, 0) is 0 Å². The van der Waals surface area contributed by atoms with E-state index in [1.807, 2.05) is 0 Å². The van der Waals surface area contributed by atoms with Gasteiger partial charge >= 0.3 is 0 Å². The fourth-order valence-electron chi connectivity index (χ4n) is 7.32. The largest absolute Gasteiger partial charge is 0.334 e. The van der Waals surface area contributed by atoms with Gasteiger partial charge in [0.05, 0.1) is 11.7 Å². The Morgan fingerprint density at radius 3 is 1.78 bits per heavy atom. The molecular formula is C44H38N2. The standard InChI is InChI=1S/C44H38N2/c1-29-15-21-37(27-31(29)3)45(35-11-7-5-8-12-35)41-25-19-33-18-24-40-42(26-20-34-17-23-39(41)43(33)44(34)40)46(36-13-9-6-10-14-36)38-22-16-30(2)32(4)28-38/h5-28,39,41H,1-4H3. The van der Waals surface area contributed by atoms with Crippen LogP contribution in [0, 0.1) is 27.7 Å². The average molecular weight is 595 g/mol. The molecule has 0 fully saturated rings. The highest BCUT2D eigenvalue weighted by atomic mass is 15.2. The van der Waals surface area contributed by atoms with Gasteiger partial charge in [-0.2, -0.15) is 0 Å². The smallest absolute Gasteiger partial charge is 0.0629 e. The molecule has 2 nitrogen and oxygen atoms in total. The van der Waals surface area contributed by atoms with E-state index in [2.05, 4.69) is 183 Å². The second-order valence-corrected chi connectivity index (χ2v) is 12.8. The molecule has 2 aliphatic rings. The van der Waals surface area contributed by atoms with E-state index >= 15 is 0 Å². The van der Waals surface area contributed by atoms with Gasteiger partial charge in [0.1, 0.15) is 0 Å². The van der Waals surface area contributed by atoms with E-state index in [4.69, 9.17) is 0 Å². The fourth-order valence-corrected chi connectivity index (χ4v) is 7.32. The molecular weight excluding hydrogens is 556 g/mol. The van der Waals surface area contributed by atoms with Gasteiger partial charge in [0, 0.05) is 34.1 Å². The number of hydrogen-bond donors (Lipinski definition) is 0. The van der Waals surface area contributed by atoms with E-state index in [-0.39, 0.29) is 12.0 Å². The Morgan fingerprint density at radius 2 is 1.09 bits per heavy atom. The van der Waals surface area contributed by atoms with Gasteiger partial charge in [-0.15, -0.1) is 0 Å². The quantitative estimate of drug-likeness (QED) is 0.189. The van der Waals surface area contributed by atoms with E-state index in [1.54, 1.807) is 0 Å². The van der Waals surface area contributed by atoms with Crippen molar-refractivity contribution in [2.75, 3.05) is 9.80 Å². The summed E-state index contributed by atoms with van der Waals surface area (Å²) in [4.78, 5) is 4.95. The lowest BCUT2D eigenvalue weighted by Crippen LogP contribution is -2.36. The Hall–Kier alpha value is -5.34. The first-order valence-electron chi connectivity index (χ1n) is 16.3. The molecule has 2 unspecified atom stereocenters. The topological polar surface area (TPSA) is 6.48 Å². The highest BCUT2D eigenvalue weighted by Gasteiger charge is 2.34. The number of anilines is 5. The van der Waals surface area contributed by atoms with Crippen molar-refractivity contribution in [3.63, 3.8) is 0 Å². The minimum Gasteiger partial charge on any atom is -0.334 e. The average Bonchev–Trinajstić information content (AvgIpc) is 3.09. The van der Waals surface area contributed by atoms with Gasteiger partial charge in [0.2, 0.25) is 0 Å². The fraction of sp³-hybridized carbons (Fsp3) is 0.136. The van der Waals surface area contributed by atoms with E-state index in [0.29, 0.717) is 0 Å². The minimum atomic E-state index is 0.126. The third-order valence-corrected chi connectivity index (χ3v) is 10.0. The monoisotopic (exact) mass is 594 g/mol. The number of hydrogen-bond acceptors (Lipinski definition) is 2. The molecule has 0 aliphatic heterocycles. The van der Waals surface area contributed by atoms with Gasteiger partial charge in [-0.1, -0.05) is 91.0 Å². The first kappa shape index (κ1) is 28.2. The van der Waals surface area contributed by atoms with Crippen LogP contribution in [0.3, 0.4) is 0 Å². The van der Waals surface area contributed by atoms with E-state index in [1.165, 1.54) is 72.5 Å². The molecule has 0 amide bonds. The molecule has 6 aromatic rings. The Labute approximate surface area is 272 Å². The van der Waals surface area contributed by atoms with E-state index < -0.39 is 0 Å². The van der Waals surface area contributed by atoms with Crippen LogP contribution in [0.1, 0.15) is 44.9 Å². The molecule has 8 rings (SSSR count). The summed E-state index contributed by atoms with van der Waals surface area (Å²) in [5.41, 5.74) is 15.2. The van der Waals surface area contributed by atoms with Crippen LogP contribution in [-0.4, -0.2) is 6.04 Å². The second kappa shape index (κ2) is 11.2. The molecule has 6 aromatic carbocycles. The Kier molecular flexibility index (Phi) is 6.87. The zero-order chi connectivity index (χ0) is 31.4. The van der Waals surface area contributed by atoms with Crippen molar-refractivity contribution in [2.24, 2.45) is 0 Å². The summed E-state index contributed by atoms with van der Waals surface area (Å²) < 4.78 is 0. The van der Waals surface area contributed by atoms with Crippen molar-refractivity contribution in [3.8, 4) is 0 Å². The molecule has 0 bridgehead atoms. The van der Waals surface area contributed by atoms with Crippen LogP contribution >= 0.6 is 0 Å². The summed E-state index contributed by atoms with van der Waals surface area (Å²) in [6.45, 7) is 8.79. The highest BCUT2D eigenvalue weighted by Crippen LogP contribution is 2.49. The zero-order valence-electron chi connectivity index (χ0n) is 26.9. The summed E-state index contributed by atoms with van der Waals surface area (Å²) in [5.74, 6) is 0.194. The molecule has 0 N–H and O–H groups in total. The number of rotatable bonds is 6. The summed E-state index contributed by atoms with van der Waals surface area (Å²) in [7, 11) is 0. The Morgan fingerprint density at radius 1 is 0.478 bits per heavy atom. The first-order chi connectivity index (χ1) is 22.5. The molecule has 0 aromatic heterocycles. The third-order valence-electron chi connectivity index (χ3n) is 10.0. The zero-order valence-corrected chi connectivity index (χ0v) is 26.9. The maximum atomic E-state index is 2.53. The van der Waals surface area contributed by atoms with E-state index in [0.717, 1.165) is 5.69 Å². The van der Waals surface area contributed by atoms with Gasteiger partial charge in [-0.25, -0.2) is 0 Å². The molecule has 46 heavy (non-hydrogen) atoms. The van der Waals surface area contributed by atoms with Crippen LogP contribution in [0.25, 0.3) is 22.9 Å². The lowest BCUT2D eigenvalue weighted by molar-refractivity contribution is 0.694. The van der Waals surface area contributed by atoms with E-state index in [9.17, 15) is 0 Å². The maximum Gasteiger partial charge on any atom is 0.0629 e. The van der Waals surface area contributed by atoms with Crippen molar-refractivity contribution >= 4 is 51.4 Å². The van der Waals surface area contributed by atoms with Gasteiger partial charge < -0.3 is 9.80 Å². The van der Waals surface area contributed by atoms with Crippen LogP contribution < -0.4 is 9.80 Å². The maximum absolute atomic E-state index is 2.53. The molecule has 2 heteroatoms. The summed E-state index contributed by atoms with van der Waals surface area (Å²) >= 11 is 0. The third kappa shape index (κ3) is 4.64. The lowest BCUT2D eigenvalue weighted by atomic mass is 9.75. The predicted molar refractivity (Wildman–Crippen MR) is 197 cm³/mol. The van der Waals surface area contributed by atoms with Crippen molar-refractivity contribution in [1.82, 2.24) is 0 Å². The number of aryl methyl sites for hydroxylation is 4. The summed E-state index contributed by atoms with van der Waals surface area (Å²) in [5, 5.41) is 2.63. The lowest BCUT2D eigenvalue weighted by Gasteiger charge is -2.41. The number of benzene rings is 6. The number of nitrogens with zero attached hydrogens (tertiary/aromatic N) is 2. The van der Waals surface area contributed by atoms with Crippen molar-refractivity contribution < 1.29 is 0 Å². The normalized spacial score (nSPS) is 16.1. The molecule has 0 saturated heterocycles. The van der Waals surface area contributed by atoms with Crippen LogP contribution in [0.5, 0.6) is 0 Å². The Bertz CT molecular complexity index is 2160. The molecule has 2 aliphatic carbocycles. The summed E-state index contributed by atoms with van der Waals surface area (Å²) in [6, 6.07) is 44.7. The first-order valence-corrected chi connectivity index (χ1v) is 16.3. The second-order valence-electron chi connectivity index (χ2n) is 12.8. The molecule has 224 valence electrons. The minimum absolute atomic E-state index is 0.126. The van der Waals surface area contributed by atoms with Crippen molar-refractivity contribution in [1.29, 1.82) is 0 Å². The molecule has 0 spiro atoms. The van der Waals surface area contributed by atoms with Crippen LogP contribution in [0.4, 0.5) is 28.4 Å². The molecule has 2 atom stereocenters. The summed E-state index contributed by atoms with van der Waals surface area (Å²) in [6.07, 6.45) is 9.54. The van der Waals surface area contributed by atoms with Gasteiger partial charge in [-0.05, 0) is 127 Å². The van der Waals surface area contributed by atoms with Crippen molar-refractivity contribution in [3.05, 3.63) is 172 Å². The van der Waals surface area contributed by atoms with Crippen LogP contribution in [0.15, 0.2) is 133 Å². The van der Waals surface area contributed by atoms with Gasteiger partial charge in [0.25, 0.3) is 0 Å². The van der Waals surface area contributed by atoms with Crippen molar-refractivity contribution in [2.45, 2.75) is 39.7 Å². The van der Waals surface area contributed by atoms with Gasteiger partial charge in [-0.3, -0.25) is 0 Å². The predicted octanol–water partition coefficient (Wildman–Crippen LogP) is 11.9. The van der Waals surface area contributed by atoms with Crippen LogP contribution in [0.2, 0.25) is 0 Å². The number of para-hydroxylation sites is 2. The highest BCUT2D eigenvalue weighted by molar-refractivity contribution is 6.07. The van der Waals surface area contributed by atoms with Gasteiger partial charge in [0.15, 0.2) is 0 Å². The Balaban J connectivity index is 1.32. The SMILES string of the molecule is Cc1ccc(N(c2ccccc2)c2ccc3c4c5c(ccc24)C=CC(N(c2ccccc2)c2ccc(C)c(C)c2)C5C=C3)cc1C.